The molecule has 1 aromatic carbocycles. The quantitative estimate of drug-likeness (QED) is 0.750. The van der Waals surface area contributed by atoms with E-state index in [0.717, 1.165) is 8.95 Å². The minimum absolute atomic E-state index is 0.0601. The van der Waals surface area contributed by atoms with Gasteiger partial charge < -0.3 is 15.8 Å². The van der Waals surface area contributed by atoms with Crippen LogP contribution in [0.25, 0.3) is 0 Å². The second-order valence-corrected chi connectivity index (χ2v) is 6.32. The Hall–Kier alpha value is -0.590. The standard InChI is InChI=1S/C14H20Br2N2O2/c1-4-14(5-2,8-17)13(19)18-11-7-12(20-3)10(16)6-9(11)15/h6-7H,4-5,8,17H2,1-3H3,(H,18,19). The fourth-order valence-electron chi connectivity index (χ4n) is 1.99. The molecule has 1 rings (SSSR count). The van der Waals surface area contributed by atoms with Crippen LogP contribution >= 0.6 is 31.9 Å². The lowest BCUT2D eigenvalue weighted by molar-refractivity contribution is -0.125. The van der Waals surface area contributed by atoms with Crippen molar-refractivity contribution >= 4 is 43.5 Å². The molecule has 0 spiro atoms. The number of ether oxygens (including phenoxy) is 1. The zero-order valence-corrected chi connectivity index (χ0v) is 15.1. The lowest BCUT2D eigenvalue weighted by Crippen LogP contribution is -2.41. The summed E-state index contributed by atoms with van der Waals surface area (Å²) in [6.07, 6.45) is 1.41. The van der Waals surface area contributed by atoms with Gasteiger partial charge in [0.15, 0.2) is 0 Å². The van der Waals surface area contributed by atoms with E-state index in [1.807, 2.05) is 19.9 Å². The molecule has 0 heterocycles. The summed E-state index contributed by atoms with van der Waals surface area (Å²) in [5.41, 5.74) is 5.94. The maximum absolute atomic E-state index is 12.5. The van der Waals surface area contributed by atoms with Crippen LogP contribution in [0.3, 0.4) is 0 Å². The average Bonchev–Trinajstić information content (AvgIpc) is 2.44. The Labute approximate surface area is 136 Å². The molecular formula is C14H20Br2N2O2. The van der Waals surface area contributed by atoms with Crippen LogP contribution in [-0.2, 0) is 4.79 Å². The predicted molar refractivity (Wildman–Crippen MR) is 89.1 cm³/mol. The Balaban J connectivity index is 3.07. The van der Waals surface area contributed by atoms with E-state index in [4.69, 9.17) is 10.5 Å². The molecule has 20 heavy (non-hydrogen) atoms. The summed E-state index contributed by atoms with van der Waals surface area (Å²) >= 11 is 6.84. The molecule has 3 N–H and O–H groups in total. The number of benzene rings is 1. The highest BCUT2D eigenvalue weighted by Crippen LogP contribution is 2.36. The van der Waals surface area contributed by atoms with Gasteiger partial charge >= 0.3 is 0 Å². The molecule has 0 unspecified atom stereocenters. The molecule has 6 heteroatoms. The van der Waals surface area contributed by atoms with Crippen LogP contribution in [0.4, 0.5) is 5.69 Å². The van der Waals surface area contributed by atoms with E-state index < -0.39 is 5.41 Å². The molecule has 1 aromatic rings. The van der Waals surface area contributed by atoms with Gasteiger partial charge in [-0.05, 0) is 50.8 Å². The Kier molecular flexibility index (Phi) is 6.48. The third-order valence-electron chi connectivity index (χ3n) is 3.72. The highest BCUT2D eigenvalue weighted by atomic mass is 79.9. The molecule has 0 atom stereocenters. The first-order chi connectivity index (χ1) is 9.43. The number of carbonyl (C=O) groups is 1. The van der Waals surface area contributed by atoms with E-state index in [1.165, 1.54) is 0 Å². The van der Waals surface area contributed by atoms with Crippen LogP contribution in [0.15, 0.2) is 21.1 Å². The van der Waals surface area contributed by atoms with E-state index >= 15 is 0 Å². The molecular weight excluding hydrogens is 388 g/mol. The van der Waals surface area contributed by atoms with Crippen molar-refractivity contribution in [1.82, 2.24) is 0 Å². The van der Waals surface area contributed by atoms with Gasteiger partial charge in [-0.1, -0.05) is 13.8 Å². The van der Waals surface area contributed by atoms with Crippen LogP contribution < -0.4 is 15.8 Å². The number of hydrogen-bond acceptors (Lipinski definition) is 3. The molecule has 0 aliphatic rings. The van der Waals surface area contributed by atoms with Crippen molar-refractivity contribution < 1.29 is 9.53 Å². The number of anilines is 1. The Morgan fingerprint density at radius 1 is 1.30 bits per heavy atom. The predicted octanol–water partition coefficient (Wildman–Crippen LogP) is 3.92. The zero-order chi connectivity index (χ0) is 15.3. The number of methoxy groups -OCH3 is 1. The average molecular weight is 408 g/mol. The van der Waals surface area contributed by atoms with Crippen molar-refractivity contribution in [2.75, 3.05) is 19.0 Å². The van der Waals surface area contributed by atoms with E-state index in [0.29, 0.717) is 30.8 Å². The maximum atomic E-state index is 12.5. The monoisotopic (exact) mass is 406 g/mol. The fourth-order valence-corrected chi connectivity index (χ4v) is 3.24. The van der Waals surface area contributed by atoms with Gasteiger partial charge in [-0.3, -0.25) is 4.79 Å². The van der Waals surface area contributed by atoms with Gasteiger partial charge in [0.25, 0.3) is 0 Å². The largest absolute Gasteiger partial charge is 0.495 e. The third kappa shape index (κ3) is 3.54. The van der Waals surface area contributed by atoms with E-state index in [9.17, 15) is 4.79 Å². The number of nitrogens with one attached hydrogen (secondary N) is 1. The summed E-state index contributed by atoms with van der Waals surface area (Å²) < 4.78 is 6.85. The van der Waals surface area contributed by atoms with Crippen molar-refractivity contribution in [2.24, 2.45) is 11.1 Å². The minimum atomic E-state index is -0.528. The third-order valence-corrected chi connectivity index (χ3v) is 4.99. The van der Waals surface area contributed by atoms with Crippen LogP contribution in [0, 0.1) is 5.41 Å². The number of carbonyl (C=O) groups excluding carboxylic acids is 1. The molecule has 1 amide bonds. The number of halogens is 2. The first-order valence-corrected chi connectivity index (χ1v) is 8.07. The topological polar surface area (TPSA) is 64.4 Å². The Bertz CT molecular complexity index is 480. The minimum Gasteiger partial charge on any atom is -0.495 e. The normalized spacial score (nSPS) is 11.3. The van der Waals surface area contributed by atoms with E-state index in [1.54, 1.807) is 13.2 Å². The van der Waals surface area contributed by atoms with Gasteiger partial charge in [0.05, 0.1) is 22.7 Å². The molecule has 4 nitrogen and oxygen atoms in total. The number of hydrogen-bond donors (Lipinski definition) is 2. The summed E-state index contributed by atoms with van der Waals surface area (Å²) in [5, 5.41) is 2.94. The van der Waals surface area contributed by atoms with Crippen LogP contribution in [0.2, 0.25) is 0 Å². The zero-order valence-electron chi connectivity index (χ0n) is 11.9. The molecule has 0 radical (unpaired) electrons. The number of amides is 1. The highest BCUT2D eigenvalue weighted by Gasteiger charge is 2.33. The van der Waals surface area contributed by atoms with Crippen LogP contribution in [0.1, 0.15) is 26.7 Å². The van der Waals surface area contributed by atoms with Gasteiger partial charge in [0.2, 0.25) is 5.91 Å². The first kappa shape index (κ1) is 17.5. The summed E-state index contributed by atoms with van der Waals surface area (Å²) in [4.78, 5) is 12.5. The molecule has 0 aliphatic heterocycles. The second-order valence-electron chi connectivity index (χ2n) is 4.61. The molecule has 0 bridgehead atoms. The van der Waals surface area contributed by atoms with E-state index in [-0.39, 0.29) is 5.91 Å². The van der Waals surface area contributed by atoms with Gasteiger partial charge in [0.1, 0.15) is 5.75 Å². The van der Waals surface area contributed by atoms with E-state index in [2.05, 4.69) is 37.2 Å². The maximum Gasteiger partial charge on any atom is 0.231 e. The summed E-state index contributed by atoms with van der Waals surface area (Å²) in [6, 6.07) is 3.62. The molecule has 0 fully saturated rings. The molecule has 112 valence electrons. The van der Waals surface area contributed by atoms with Gasteiger partial charge in [0, 0.05) is 17.1 Å². The Morgan fingerprint density at radius 3 is 2.35 bits per heavy atom. The smallest absolute Gasteiger partial charge is 0.231 e. The lowest BCUT2D eigenvalue weighted by Gasteiger charge is -2.28. The van der Waals surface area contributed by atoms with Crippen molar-refractivity contribution in [3.05, 3.63) is 21.1 Å². The van der Waals surface area contributed by atoms with Gasteiger partial charge in [-0.2, -0.15) is 0 Å². The second kappa shape index (κ2) is 7.43. The summed E-state index contributed by atoms with van der Waals surface area (Å²) in [6.45, 7) is 4.29. The fraction of sp³-hybridized carbons (Fsp3) is 0.500. The van der Waals surface area contributed by atoms with Crippen LogP contribution in [0.5, 0.6) is 5.75 Å². The number of rotatable bonds is 6. The Morgan fingerprint density at radius 2 is 1.90 bits per heavy atom. The van der Waals surface area contributed by atoms with Crippen molar-refractivity contribution in [2.45, 2.75) is 26.7 Å². The molecule has 0 saturated carbocycles. The van der Waals surface area contributed by atoms with Gasteiger partial charge in [-0.25, -0.2) is 0 Å². The van der Waals surface area contributed by atoms with Crippen molar-refractivity contribution in [3.8, 4) is 5.75 Å². The summed E-state index contributed by atoms with van der Waals surface area (Å²) in [7, 11) is 1.59. The molecule has 0 aliphatic carbocycles. The number of nitrogens with two attached hydrogens (primary N) is 1. The van der Waals surface area contributed by atoms with Crippen LogP contribution in [-0.4, -0.2) is 19.6 Å². The SMILES string of the molecule is CCC(CC)(CN)C(=O)Nc1cc(OC)c(Br)cc1Br. The van der Waals surface area contributed by atoms with Crippen molar-refractivity contribution in [3.63, 3.8) is 0 Å². The molecule has 0 aromatic heterocycles. The molecule has 0 saturated heterocycles. The first-order valence-electron chi connectivity index (χ1n) is 6.48. The lowest BCUT2D eigenvalue weighted by atomic mass is 9.81. The highest BCUT2D eigenvalue weighted by molar-refractivity contribution is 9.11. The van der Waals surface area contributed by atoms with Crippen molar-refractivity contribution in [1.29, 1.82) is 0 Å². The summed E-state index contributed by atoms with van der Waals surface area (Å²) in [5.74, 6) is 0.602. The van der Waals surface area contributed by atoms with Gasteiger partial charge in [-0.15, -0.1) is 0 Å².